The first-order chi connectivity index (χ1) is 12.7. The predicted molar refractivity (Wildman–Crippen MR) is 107 cm³/mol. The molecular weight excluding hydrogens is 324 g/mol. The van der Waals surface area contributed by atoms with Crippen molar-refractivity contribution in [1.82, 2.24) is 10.6 Å². The summed E-state index contributed by atoms with van der Waals surface area (Å²) >= 11 is 0. The first kappa shape index (κ1) is 19.5. The topological polar surface area (TPSA) is 79.5 Å². The number of nitrogens with one attached hydrogen (secondary N) is 2. The number of benzene rings is 2. The Bertz CT molecular complexity index is 696. The van der Waals surface area contributed by atoms with Gasteiger partial charge in [-0.05, 0) is 36.1 Å². The van der Waals surface area contributed by atoms with Crippen LogP contribution in [0.15, 0.2) is 59.6 Å². The number of nitrogens with two attached hydrogens (primary N) is 1. The van der Waals surface area contributed by atoms with Crippen LogP contribution in [0.2, 0.25) is 0 Å². The van der Waals surface area contributed by atoms with Gasteiger partial charge in [-0.25, -0.2) is 4.99 Å². The molecule has 0 saturated carbocycles. The lowest BCUT2D eigenvalue weighted by atomic mass is 10.1. The fraction of sp³-hybridized carbons (Fsp3) is 0.333. The van der Waals surface area contributed by atoms with Crippen LogP contribution in [-0.4, -0.2) is 25.0 Å². The standard InChI is InChI=1S/C21H28N4O/c1-2-3-14-23-20(26)19-11-9-18(10-12-19)16-25-21(22)24-15-13-17-7-5-4-6-8-17/h4-12H,2-3,13-16H2,1H3,(H,23,26)(H3,22,24,25). The lowest BCUT2D eigenvalue weighted by molar-refractivity contribution is 0.0953. The Morgan fingerprint density at radius 1 is 0.962 bits per heavy atom. The number of unbranched alkanes of at least 4 members (excludes halogenated alkanes) is 1. The molecule has 26 heavy (non-hydrogen) atoms. The molecule has 0 aliphatic heterocycles. The van der Waals surface area contributed by atoms with Gasteiger partial charge >= 0.3 is 0 Å². The monoisotopic (exact) mass is 352 g/mol. The summed E-state index contributed by atoms with van der Waals surface area (Å²) in [4.78, 5) is 16.3. The normalized spacial score (nSPS) is 11.2. The van der Waals surface area contributed by atoms with Gasteiger partial charge in [-0.2, -0.15) is 0 Å². The second-order valence-electron chi connectivity index (χ2n) is 6.17. The summed E-state index contributed by atoms with van der Waals surface area (Å²) < 4.78 is 0. The van der Waals surface area contributed by atoms with Crippen molar-refractivity contribution in [3.63, 3.8) is 0 Å². The van der Waals surface area contributed by atoms with Crippen molar-refractivity contribution >= 4 is 11.9 Å². The van der Waals surface area contributed by atoms with Crippen molar-refractivity contribution in [3.05, 3.63) is 71.3 Å². The summed E-state index contributed by atoms with van der Waals surface area (Å²) in [5.41, 5.74) is 8.86. The van der Waals surface area contributed by atoms with Gasteiger partial charge in [0.05, 0.1) is 6.54 Å². The van der Waals surface area contributed by atoms with E-state index in [1.165, 1.54) is 5.56 Å². The van der Waals surface area contributed by atoms with E-state index >= 15 is 0 Å². The number of amides is 1. The number of aliphatic imine (C=N–C) groups is 1. The Labute approximate surface area is 155 Å². The molecule has 0 fully saturated rings. The molecule has 0 heterocycles. The van der Waals surface area contributed by atoms with Gasteiger partial charge in [0.15, 0.2) is 5.96 Å². The molecule has 0 saturated heterocycles. The Morgan fingerprint density at radius 3 is 2.38 bits per heavy atom. The summed E-state index contributed by atoms with van der Waals surface area (Å²) in [5, 5.41) is 6.03. The highest BCUT2D eigenvalue weighted by molar-refractivity contribution is 5.94. The van der Waals surface area contributed by atoms with E-state index in [2.05, 4.69) is 34.7 Å². The maximum atomic E-state index is 12.0. The van der Waals surface area contributed by atoms with E-state index in [-0.39, 0.29) is 5.91 Å². The highest BCUT2D eigenvalue weighted by Crippen LogP contribution is 2.06. The SMILES string of the molecule is CCCCNC(=O)c1ccc(CN=C(N)NCCc2ccccc2)cc1. The molecule has 0 radical (unpaired) electrons. The summed E-state index contributed by atoms with van der Waals surface area (Å²) in [6.07, 6.45) is 2.96. The molecule has 2 aromatic carbocycles. The van der Waals surface area contributed by atoms with Gasteiger partial charge in [-0.3, -0.25) is 4.79 Å². The molecule has 2 aromatic rings. The smallest absolute Gasteiger partial charge is 0.251 e. The van der Waals surface area contributed by atoms with E-state index in [1.807, 2.05) is 42.5 Å². The van der Waals surface area contributed by atoms with Crippen LogP contribution in [0.5, 0.6) is 0 Å². The number of carbonyl (C=O) groups excluding carboxylic acids is 1. The van der Waals surface area contributed by atoms with Crippen LogP contribution in [-0.2, 0) is 13.0 Å². The average molecular weight is 352 g/mol. The Balaban J connectivity index is 1.75. The van der Waals surface area contributed by atoms with Crippen molar-refractivity contribution in [3.8, 4) is 0 Å². The molecule has 0 bridgehead atoms. The molecule has 0 aromatic heterocycles. The number of hydrogen-bond donors (Lipinski definition) is 3. The summed E-state index contributed by atoms with van der Waals surface area (Å²) in [7, 11) is 0. The zero-order valence-corrected chi connectivity index (χ0v) is 15.4. The van der Waals surface area contributed by atoms with E-state index in [0.29, 0.717) is 24.6 Å². The molecule has 0 unspecified atom stereocenters. The molecule has 0 aliphatic carbocycles. The van der Waals surface area contributed by atoms with Gasteiger partial charge in [-0.1, -0.05) is 55.8 Å². The molecule has 5 nitrogen and oxygen atoms in total. The van der Waals surface area contributed by atoms with Crippen LogP contribution in [0.25, 0.3) is 0 Å². The zero-order chi connectivity index (χ0) is 18.6. The summed E-state index contributed by atoms with van der Waals surface area (Å²) in [6, 6.07) is 17.7. The van der Waals surface area contributed by atoms with Crippen molar-refractivity contribution in [2.75, 3.05) is 13.1 Å². The molecule has 138 valence electrons. The van der Waals surface area contributed by atoms with Gasteiger partial charge in [0.1, 0.15) is 0 Å². The maximum absolute atomic E-state index is 12.0. The number of guanidine groups is 1. The minimum atomic E-state index is -0.0319. The van der Waals surface area contributed by atoms with E-state index < -0.39 is 0 Å². The van der Waals surface area contributed by atoms with Crippen molar-refractivity contribution in [2.24, 2.45) is 10.7 Å². The largest absolute Gasteiger partial charge is 0.370 e. The van der Waals surface area contributed by atoms with Crippen LogP contribution in [0.4, 0.5) is 0 Å². The molecule has 4 N–H and O–H groups in total. The second-order valence-corrected chi connectivity index (χ2v) is 6.17. The van der Waals surface area contributed by atoms with Crippen LogP contribution >= 0.6 is 0 Å². The zero-order valence-electron chi connectivity index (χ0n) is 15.4. The maximum Gasteiger partial charge on any atom is 0.251 e. The molecule has 5 heteroatoms. The summed E-state index contributed by atoms with van der Waals surface area (Å²) in [5.74, 6) is 0.401. The van der Waals surface area contributed by atoms with Gasteiger partial charge in [-0.15, -0.1) is 0 Å². The number of rotatable bonds is 9. The third-order valence-corrected chi connectivity index (χ3v) is 4.03. The van der Waals surface area contributed by atoms with E-state index in [9.17, 15) is 4.79 Å². The van der Waals surface area contributed by atoms with E-state index in [0.717, 1.165) is 31.4 Å². The Hall–Kier alpha value is -2.82. The third kappa shape index (κ3) is 6.97. The average Bonchev–Trinajstić information content (AvgIpc) is 2.68. The molecule has 0 spiro atoms. The highest BCUT2D eigenvalue weighted by Gasteiger charge is 2.04. The highest BCUT2D eigenvalue weighted by atomic mass is 16.1. The first-order valence-corrected chi connectivity index (χ1v) is 9.14. The lowest BCUT2D eigenvalue weighted by Crippen LogP contribution is -2.33. The second kappa shape index (κ2) is 10.9. The van der Waals surface area contributed by atoms with Crippen LogP contribution in [0.3, 0.4) is 0 Å². The minimum absolute atomic E-state index is 0.0319. The molecule has 2 rings (SSSR count). The fourth-order valence-corrected chi connectivity index (χ4v) is 2.45. The quantitative estimate of drug-likeness (QED) is 0.369. The summed E-state index contributed by atoms with van der Waals surface area (Å²) in [6.45, 7) is 4.05. The van der Waals surface area contributed by atoms with Crippen molar-refractivity contribution < 1.29 is 4.79 Å². The molecule has 1 amide bonds. The van der Waals surface area contributed by atoms with Crippen LogP contribution < -0.4 is 16.4 Å². The van der Waals surface area contributed by atoms with Gasteiger partial charge in [0, 0.05) is 18.7 Å². The Kier molecular flexibility index (Phi) is 8.19. The van der Waals surface area contributed by atoms with Gasteiger partial charge < -0.3 is 16.4 Å². The van der Waals surface area contributed by atoms with Crippen LogP contribution in [0.1, 0.15) is 41.3 Å². The third-order valence-electron chi connectivity index (χ3n) is 4.03. The van der Waals surface area contributed by atoms with Crippen molar-refractivity contribution in [1.29, 1.82) is 0 Å². The van der Waals surface area contributed by atoms with Gasteiger partial charge in [0.25, 0.3) is 5.91 Å². The fourth-order valence-electron chi connectivity index (χ4n) is 2.45. The lowest BCUT2D eigenvalue weighted by Gasteiger charge is -2.07. The van der Waals surface area contributed by atoms with Crippen molar-refractivity contribution in [2.45, 2.75) is 32.7 Å². The number of carbonyl (C=O) groups is 1. The predicted octanol–water partition coefficient (Wildman–Crippen LogP) is 2.86. The molecular formula is C21H28N4O. The number of nitrogens with zero attached hydrogens (tertiary/aromatic N) is 1. The first-order valence-electron chi connectivity index (χ1n) is 9.14. The molecule has 0 atom stereocenters. The molecule has 0 aliphatic rings. The minimum Gasteiger partial charge on any atom is -0.370 e. The Morgan fingerprint density at radius 2 is 1.69 bits per heavy atom. The van der Waals surface area contributed by atoms with E-state index in [4.69, 9.17) is 5.73 Å². The van der Waals surface area contributed by atoms with Crippen LogP contribution in [0, 0.1) is 0 Å². The number of hydrogen-bond acceptors (Lipinski definition) is 2. The van der Waals surface area contributed by atoms with Gasteiger partial charge in [0.2, 0.25) is 0 Å². The van der Waals surface area contributed by atoms with E-state index in [1.54, 1.807) is 0 Å².